The number of fused-ring (bicyclic) bond motifs is 1. The number of anilines is 1. The molecule has 1 aliphatic heterocycles. The first-order valence-corrected chi connectivity index (χ1v) is 8.45. The molecule has 4 rings (SSSR count). The molecule has 0 radical (unpaired) electrons. The lowest BCUT2D eigenvalue weighted by atomic mass is 10.1. The van der Waals surface area contributed by atoms with Gasteiger partial charge in [0, 0.05) is 59.6 Å². The van der Waals surface area contributed by atoms with Gasteiger partial charge in [-0.25, -0.2) is 0 Å². The summed E-state index contributed by atoms with van der Waals surface area (Å²) in [6.45, 7) is 3.07. The summed E-state index contributed by atoms with van der Waals surface area (Å²) >= 11 is 6.07. The van der Waals surface area contributed by atoms with Crippen molar-refractivity contribution in [2.75, 3.05) is 31.1 Å². The number of rotatable bonds is 2. The second-order valence-corrected chi connectivity index (χ2v) is 6.48. The van der Waals surface area contributed by atoms with Crippen LogP contribution in [0.5, 0.6) is 0 Å². The average Bonchev–Trinajstić information content (AvgIpc) is 3.09. The van der Waals surface area contributed by atoms with Crippen LogP contribution >= 0.6 is 11.6 Å². The highest BCUT2D eigenvalue weighted by Crippen LogP contribution is 2.22. The molecule has 0 aliphatic carbocycles. The maximum Gasteiger partial charge on any atom is 0.253 e. The number of halogens is 1. The van der Waals surface area contributed by atoms with Gasteiger partial charge in [-0.2, -0.15) is 0 Å². The highest BCUT2D eigenvalue weighted by molar-refractivity contribution is 6.30. The van der Waals surface area contributed by atoms with Crippen LogP contribution in [0.15, 0.2) is 54.7 Å². The quantitative estimate of drug-likeness (QED) is 0.771. The number of nitrogens with one attached hydrogen (secondary N) is 1. The third kappa shape index (κ3) is 2.85. The molecule has 4 nitrogen and oxygen atoms in total. The zero-order valence-electron chi connectivity index (χ0n) is 13.2. The molecular weight excluding hydrogens is 322 g/mol. The van der Waals surface area contributed by atoms with Gasteiger partial charge in [-0.15, -0.1) is 0 Å². The zero-order chi connectivity index (χ0) is 16.5. The van der Waals surface area contributed by atoms with E-state index in [1.165, 1.54) is 0 Å². The molecule has 5 heteroatoms. The van der Waals surface area contributed by atoms with E-state index in [4.69, 9.17) is 11.6 Å². The molecule has 1 saturated heterocycles. The summed E-state index contributed by atoms with van der Waals surface area (Å²) in [5.74, 6) is 0.101. The van der Waals surface area contributed by atoms with E-state index in [-0.39, 0.29) is 5.91 Å². The maximum atomic E-state index is 12.7. The first kappa shape index (κ1) is 15.1. The number of hydrogen-bond acceptors (Lipinski definition) is 2. The Morgan fingerprint density at radius 2 is 1.83 bits per heavy atom. The molecule has 0 saturated carbocycles. The summed E-state index contributed by atoms with van der Waals surface area (Å²) in [5.41, 5.74) is 2.92. The zero-order valence-corrected chi connectivity index (χ0v) is 14.0. The van der Waals surface area contributed by atoms with Crippen LogP contribution in [0.25, 0.3) is 10.9 Å². The van der Waals surface area contributed by atoms with E-state index >= 15 is 0 Å². The van der Waals surface area contributed by atoms with Crippen LogP contribution in [0.3, 0.4) is 0 Å². The van der Waals surface area contributed by atoms with Crippen LogP contribution in [0.4, 0.5) is 5.69 Å². The number of carbonyl (C=O) groups is 1. The van der Waals surface area contributed by atoms with E-state index in [2.05, 4.69) is 16.0 Å². The SMILES string of the molecule is O=C(c1ccc2[nH]ccc2c1)N1CCN(c2cccc(Cl)c2)CC1. The summed E-state index contributed by atoms with van der Waals surface area (Å²) in [4.78, 5) is 20.1. The summed E-state index contributed by atoms with van der Waals surface area (Å²) in [7, 11) is 0. The fraction of sp³-hybridized carbons (Fsp3) is 0.211. The predicted molar refractivity (Wildman–Crippen MR) is 97.9 cm³/mol. The van der Waals surface area contributed by atoms with Crippen LogP contribution in [-0.2, 0) is 0 Å². The molecule has 0 unspecified atom stereocenters. The van der Waals surface area contributed by atoms with Crippen molar-refractivity contribution in [3.63, 3.8) is 0 Å². The molecule has 2 aromatic carbocycles. The van der Waals surface area contributed by atoms with E-state index in [0.29, 0.717) is 0 Å². The van der Waals surface area contributed by atoms with E-state index < -0.39 is 0 Å². The van der Waals surface area contributed by atoms with Crippen LogP contribution < -0.4 is 4.90 Å². The van der Waals surface area contributed by atoms with Crippen molar-refractivity contribution in [3.05, 3.63) is 65.3 Å². The summed E-state index contributed by atoms with van der Waals surface area (Å²) in [6.07, 6.45) is 1.89. The van der Waals surface area contributed by atoms with E-state index in [1.54, 1.807) is 0 Å². The molecule has 2 heterocycles. The van der Waals surface area contributed by atoms with Gasteiger partial charge < -0.3 is 14.8 Å². The number of H-pyrrole nitrogens is 1. The molecule has 122 valence electrons. The Morgan fingerprint density at radius 3 is 2.62 bits per heavy atom. The third-order valence-corrected chi connectivity index (χ3v) is 4.78. The van der Waals surface area contributed by atoms with Gasteiger partial charge in [0.15, 0.2) is 0 Å². The Balaban J connectivity index is 1.46. The lowest BCUT2D eigenvalue weighted by Crippen LogP contribution is -2.48. The number of hydrogen-bond donors (Lipinski definition) is 1. The maximum absolute atomic E-state index is 12.7. The Bertz CT molecular complexity index is 881. The molecular formula is C19H18ClN3O. The van der Waals surface area contributed by atoms with Crippen LogP contribution in [-0.4, -0.2) is 42.0 Å². The van der Waals surface area contributed by atoms with Crippen molar-refractivity contribution in [2.45, 2.75) is 0 Å². The second-order valence-electron chi connectivity index (χ2n) is 6.04. The Kier molecular flexibility index (Phi) is 3.90. The van der Waals surface area contributed by atoms with Crippen LogP contribution in [0, 0.1) is 0 Å². The molecule has 0 atom stereocenters. The number of piperazine rings is 1. The minimum atomic E-state index is 0.101. The van der Waals surface area contributed by atoms with E-state index in [0.717, 1.165) is 53.4 Å². The van der Waals surface area contributed by atoms with E-state index in [9.17, 15) is 4.79 Å². The molecule has 1 N–H and O–H groups in total. The number of aromatic nitrogens is 1. The Morgan fingerprint density at radius 1 is 1.00 bits per heavy atom. The third-order valence-electron chi connectivity index (χ3n) is 4.54. The molecule has 24 heavy (non-hydrogen) atoms. The van der Waals surface area contributed by atoms with Crippen LogP contribution in [0.2, 0.25) is 5.02 Å². The highest BCUT2D eigenvalue weighted by Gasteiger charge is 2.22. The molecule has 1 aromatic heterocycles. The van der Waals surface area contributed by atoms with Crippen molar-refractivity contribution in [1.29, 1.82) is 0 Å². The minimum absolute atomic E-state index is 0.101. The number of carbonyl (C=O) groups excluding carboxylic acids is 1. The number of nitrogens with zero attached hydrogens (tertiary/aromatic N) is 2. The predicted octanol–water partition coefficient (Wildman–Crippen LogP) is 3.78. The summed E-state index contributed by atoms with van der Waals surface area (Å²) in [5, 5.41) is 1.81. The minimum Gasteiger partial charge on any atom is -0.368 e. The van der Waals surface area contributed by atoms with Gasteiger partial charge in [0.2, 0.25) is 0 Å². The fourth-order valence-electron chi connectivity index (χ4n) is 3.21. The molecule has 3 aromatic rings. The molecule has 1 amide bonds. The fourth-order valence-corrected chi connectivity index (χ4v) is 3.39. The lowest BCUT2D eigenvalue weighted by Gasteiger charge is -2.36. The number of amides is 1. The Hall–Kier alpha value is -2.46. The second kappa shape index (κ2) is 6.21. The topological polar surface area (TPSA) is 39.3 Å². The highest BCUT2D eigenvalue weighted by atomic mass is 35.5. The van der Waals surface area contributed by atoms with Gasteiger partial charge >= 0.3 is 0 Å². The molecule has 0 bridgehead atoms. The summed E-state index contributed by atoms with van der Waals surface area (Å²) < 4.78 is 0. The van der Waals surface area contributed by atoms with Gasteiger partial charge in [0.05, 0.1) is 0 Å². The van der Waals surface area contributed by atoms with Crippen molar-refractivity contribution in [3.8, 4) is 0 Å². The standard InChI is InChI=1S/C19H18ClN3O/c20-16-2-1-3-17(13-16)22-8-10-23(11-9-22)19(24)15-4-5-18-14(12-15)6-7-21-18/h1-7,12-13,21H,8-11H2. The van der Waals surface area contributed by atoms with Crippen molar-refractivity contribution in [2.24, 2.45) is 0 Å². The number of aromatic amines is 1. The monoisotopic (exact) mass is 339 g/mol. The molecule has 1 fully saturated rings. The van der Waals surface area contributed by atoms with Crippen LogP contribution in [0.1, 0.15) is 10.4 Å². The molecule has 1 aliphatic rings. The first-order chi connectivity index (χ1) is 11.7. The largest absolute Gasteiger partial charge is 0.368 e. The van der Waals surface area contributed by atoms with Crippen molar-refractivity contribution < 1.29 is 4.79 Å². The van der Waals surface area contributed by atoms with Gasteiger partial charge in [-0.3, -0.25) is 4.79 Å². The smallest absolute Gasteiger partial charge is 0.253 e. The van der Waals surface area contributed by atoms with Crippen molar-refractivity contribution in [1.82, 2.24) is 9.88 Å². The van der Waals surface area contributed by atoms with Gasteiger partial charge in [0.1, 0.15) is 0 Å². The van der Waals surface area contributed by atoms with E-state index in [1.807, 2.05) is 53.6 Å². The first-order valence-electron chi connectivity index (χ1n) is 8.08. The molecule has 0 spiro atoms. The average molecular weight is 340 g/mol. The van der Waals surface area contributed by atoms with Gasteiger partial charge in [-0.1, -0.05) is 17.7 Å². The summed E-state index contributed by atoms with van der Waals surface area (Å²) in [6, 6.07) is 15.7. The number of benzene rings is 2. The lowest BCUT2D eigenvalue weighted by molar-refractivity contribution is 0.0747. The van der Waals surface area contributed by atoms with Crippen molar-refractivity contribution >= 4 is 34.1 Å². The van der Waals surface area contributed by atoms with Gasteiger partial charge in [0.25, 0.3) is 5.91 Å². The normalized spacial score (nSPS) is 15.0. The Labute approximate surface area is 145 Å². The van der Waals surface area contributed by atoms with Gasteiger partial charge in [-0.05, 0) is 42.5 Å².